The smallest absolute Gasteiger partial charge is 0.419 e. The summed E-state index contributed by atoms with van der Waals surface area (Å²) in [5.41, 5.74) is 0.818. The molecule has 11 nitrogen and oxygen atoms in total. The molecule has 0 bridgehead atoms. The third kappa shape index (κ3) is 6.44. The Morgan fingerprint density at radius 3 is 2.52 bits per heavy atom. The third-order valence-electron chi connectivity index (χ3n) is 6.10. The van der Waals surface area contributed by atoms with Gasteiger partial charge in [-0.3, -0.25) is 14.9 Å². The second-order valence-corrected chi connectivity index (χ2v) is 10.2. The highest BCUT2D eigenvalue weighted by Gasteiger charge is 2.27. The summed E-state index contributed by atoms with van der Waals surface area (Å²) >= 11 is 0. The van der Waals surface area contributed by atoms with E-state index in [0.29, 0.717) is 40.5 Å². The van der Waals surface area contributed by atoms with E-state index in [-0.39, 0.29) is 17.1 Å². The Morgan fingerprint density at radius 2 is 1.80 bits per heavy atom. The lowest BCUT2D eigenvalue weighted by molar-refractivity contribution is -0.384. The highest BCUT2D eigenvalue weighted by Crippen LogP contribution is 2.37. The molecule has 4 aromatic rings. The molecule has 0 spiro atoms. The molecular weight excluding hydrogens is 516 g/mol. The Hall–Kier alpha value is -4.35. The average molecular weight is 549 g/mol. The Labute approximate surface area is 231 Å². The number of carbonyl (C=O) groups is 2. The SMILES string of the molecule is COOCCCCCNC(=O)c1cc2c3ccccc3n(C(=O)OC(C)(C)C)c2c(-c2cccc([N+](=O)[O-])c2)n1. The first-order valence-electron chi connectivity index (χ1n) is 13.0. The first kappa shape index (κ1) is 28.7. The number of nitro benzene ring substituents is 1. The summed E-state index contributed by atoms with van der Waals surface area (Å²) in [4.78, 5) is 51.9. The van der Waals surface area contributed by atoms with Crippen molar-refractivity contribution in [3.63, 3.8) is 0 Å². The van der Waals surface area contributed by atoms with Crippen molar-refractivity contribution in [2.24, 2.45) is 0 Å². The van der Waals surface area contributed by atoms with Crippen LogP contribution in [0, 0.1) is 10.1 Å². The van der Waals surface area contributed by atoms with Crippen LogP contribution in [0.1, 0.15) is 50.5 Å². The number of nitrogens with zero attached hydrogens (tertiary/aromatic N) is 3. The number of pyridine rings is 1. The topological polar surface area (TPSA) is 135 Å². The van der Waals surface area contributed by atoms with Gasteiger partial charge in [-0.25, -0.2) is 24.1 Å². The molecule has 2 heterocycles. The zero-order chi connectivity index (χ0) is 28.9. The number of fused-ring (bicyclic) bond motifs is 3. The van der Waals surface area contributed by atoms with Gasteiger partial charge in [-0.2, -0.15) is 0 Å². The van der Waals surface area contributed by atoms with Gasteiger partial charge in [-0.15, -0.1) is 0 Å². The number of non-ortho nitro benzene ring substituents is 1. The van der Waals surface area contributed by atoms with E-state index in [1.165, 1.54) is 23.8 Å². The number of nitro groups is 1. The first-order valence-corrected chi connectivity index (χ1v) is 13.0. The average Bonchev–Trinajstić information content (AvgIpc) is 3.25. The monoisotopic (exact) mass is 548 g/mol. The lowest BCUT2D eigenvalue weighted by Crippen LogP contribution is -2.27. The van der Waals surface area contributed by atoms with Gasteiger partial charge in [0.05, 0.1) is 35.4 Å². The van der Waals surface area contributed by atoms with E-state index in [9.17, 15) is 19.7 Å². The molecule has 0 saturated heterocycles. The van der Waals surface area contributed by atoms with Crippen LogP contribution < -0.4 is 5.32 Å². The molecule has 0 unspecified atom stereocenters. The molecule has 0 aliphatic heterocycles. The van der Waals surface area contributed by atoms with E-state index in [4.69, 9.17) is 9.62 Å². The number of carbonyl (C=O) groups excluding carboxylic acids is 2. The fourth-order valence-corrected chi connectivity index (χ4v) is 4.41. The summed E-state index contributed by atoms with van der Waals surface area (Å²) in [6, 6.07) is 14.9. The van der Waals surface area contributed by atoms with E-state index < -0.39 is 22.5 Å². The second-order valence-electron chi connectivity index (χ2n) is 10.2. The van der Waals surface area contributed by atoms with Crippen molar-refractivity contribution >= 4 is 39.5 Å². The van der Waals surface area contributed by atoms with Crippen molar-refractivity contribution < 1.29 is 29.0 Å². The number of unbranched alkanes of at least 4 members (excludes halogenated alkanes) is 2. The zero-order valence-electron chi connectivity index (χ0n) is 22.9. The van der Waals surface area contributed by atoms with E-state index in [1.807, 2.05) is 12.1 Å². The van der Waals surface area contributed by atoms with Gasteiger partial charge in [0.15, 0.2) is 0 Å². The molecule has 2 aromatic heterocycles. The summed E-state index contributed by atoms with van der Waals surface area (Å²) in [5.74, 6) is -0.393. The van der Waals surface area contributed by atoms with Crippen LogP contribution in [-0.2, 0) is 14.5 Å². The van der Waals surface area contributed by atoms with Crippen molar-refractivity contribution in [1.29, 1.82) is 0 Å². The fraction of sp³-hybridized carbons (Fsp3) is 0.345. The van der Waals surface area contributed by atoms with Gasteiger partial charge in [0.1, 0.15) is 11.3 Å². The Morgan fingerprint density at radius 1 is 1.02 bits per heavy atom. The molecule has 210 valence electrons. The van der Waals surface area contributed by atoms with E-state index in [0.717, 1.165) is 19.3 Å². The predicted octanol–water partition coefficient (Wildman–Crippen LogP) is 6.03. The van der Waals surface area contributed by atoms with Gasteiger partial charge >= 0.3 is 6.09 Å². The lowest BCUT2D eigenvalue weighted by Gasteiger charge is -2.20. The quantitative estimate of drug-likeness (QED) is 0.110. The van der Waals surface area contributed by atoms with Crippen LogP contribution in [0.5, 0.6) is 0 Å². The van der Waals surface area contributed by atoms with E-state index >= 15 is 0 Å². The minimum absolute atomic E-state index is 0.129. The molecule has 40 heavy (non-hydrogen) atoms. The molecule has 0 saturated carbocycles. The van der Waals surface area contributed by atoms with Crippen LogP contribution in [0.15, 0.2) is 54.6 Å². The lowest BCUT2D eigenvalue weighted by atomic mass is 10.1. The van der Waals surface area contributed by atoms with Gasteiger partial charge in [0, 0.05) is 35.0 Å². The molecule has 0 radical (unpaired) electrons. The number of ether oxygens (including phenoxy) is 1. The van der Waals surface area contributed by atoms with Crippen LogP contribution in [0.2, 0.25) is 0 Å². The van der Waals surface area contributed by atoms with Gasteiger partial charge in [0.2, 0.25) is 0 Å². The number of aromatic nitrogens is 2. The highest BCUT2D eigenvalue weighted by molar-refractivity contribution is 6.17. The van der Waals surface area contributed by atoms with Crippen LogP contribution in [0.25, 0.3) is 33.1 Å². The largest absolute Gasteiger partial charge is 0.443 e. The normalized spacial score (nSPS) is 11.6. The highest BCUT2D eigenvalue weighted by atomic mass is 17.2. The fourth-order valence-electron chi connectivity index (χ4n) is 4.41. The number of amides is 1. The van der Waals surface area contributed by atoms with E-state index in [2.05, 4.69) is 15.2 Å². The number of hydrogen-bond acceptors (Lipinski definition) is 8. The van der Waals surface area contributed by atoms with Crippen molar-refractivity contribution in [2.45, 2.75) is 45.6 Å². The molecule has 1 amide bonds. The number of para-hydroxylation sites is 1. The summed E-state index contributed by atoms with van der Waals surface area (Å²) in [7, 11) is 1.46. The van der Waals surface area contributed by atoms with E-state index in [1.54, 1.807) is 51.1 Å². The maximum Gasteiger partial charge on any atom is 0.419 e. The van der Waals surface area contributed by atoms with Crippen molar-refractivity contribution in [2.75, 3.05) is 20.3 Å². The molecule has 2 aromatic carbocycles. The predicted molar refractivity (Wildman–Crippen MR) is 150 cm³/mol. The van der Waals surface area contributed by atoms with Crippen molar-refractivity contribution in [1.82, 2.24) is 14.9 Å². The Balaban J connectivity index is 1.84. The first-order chi connectivity index (χ1) is 19.1. The minimum Gasteiger partial charge on any atom is -0.443 e. The molecule has 0 aliphatic carbocycles. The number of rotatable bonds is 10. The Bertz CT molecular complexity index is 1560. The molecule has 0 atom stereocenters. The summed E-state index contributed by atoms with van der Waals surface area (Å²) in [6.45, 7) is 6.21. The van der Waals surface area contributed by atoms with Crippen LogP contribution in [-0.4, -0.2) is 52.3 Å². The van der Waals surface area contributed by atoms with Crippen LogP contribution in [0.3, 0.4) is 0 Å². The Kier molecular flexibility index (Phi) is 8.76. The summed E-state index contributed by atoms with van der Waals surface area (Å²) in [6.07, 6.45) is 1.73. The van der Waals surface area contributed by atoms with Gasteiger partial charge in [0.25, 0.3) is 11.6 Å². The van der Waals surface area contributed by atoms with Crippen LogP contribution >= 0.6 is 0 Å². The number of benzene rings is 2. The maximum absolute atomic E-state index is 13.5. The van der Waals surface area contributed by atoms with Gasteiger partial charge < -0.3 is 10.1 Å². The third-order valence-corrected chi connectivity index (χ3v) is 6.10. The molecule has 1 N–H and O–H groups in total. The standard InChI is InChI=1S/C29H32N4O7/c1-29(2,3)40-28(35)32-24-14-7-6-13-21(24)22-18-23(27(34)30-15-8-5-9-16-39-38-4)31-25(26(22)32)19-11-10-12-20(17-19)33(36)37/h6-7,10-14,17-18H,5,8-9,15-16H2,1-4H3,(H,30,34). The maximum atomic E-state index is 13.5. The summed E-state index contributed by atoms with van der Waals surface area (Å²) in [5, 5.41) is 15.8. The van der Waals surface area contributed by atoms with Crippen molar-refractivity contribution in [3.8, 4) is 11.3 Å². The van der Waals surface area contributed by atoms with Gasteiger partial charge in [-0.05, 0) is 52.2 Å². The second kappa shape index (κ2) is 12.2. The zero-order valence-corrected chi connectivity index (χ0v) is 22.9. The number of hydrogen-bond donors (Lipinski definition) is 1. The van der Waals surface area contributed by atoms with Crippen molar-refractivity contribution in [3.05, 3.63) is 70.4 Å². The summed E-state index contributed by atoms with van der Waals surface area (Å²) < 4.78 is 7.14. The molecule has 0 aliphatic rings. The molecule has 4 rings (SSSR count). The molecule has 0 fully saturated rings. The number of nitrogens with one attached hydrogen (secondary N) is 1. The molecule has 11 heteroatoms. The molecular formula is C29H32N4O7. The van der Waals surface area contributed by atoms with Crippen LogP contribution in [0.4, 0.5) is 10.5 Å². The van der Waals surface area contributed by atoms with Gasteiger partial charge in [-0.1, -0.05) is 30.3 Å². The minimum atomic E-state index is -0.774.